The Morgan fingerprint density at radius 1 is 1.00 bits per heavy atom. The van der Waals surface area contributed by atoms with Crippen LogP contribution in [-0.4, -0.2) is 19.6 Å². The maximum absolute atomic E-state index is 11.6. The van der Waals surface area contributed by atoms with Gasteiger partial charge in [0.1, 0.15) is 0 Å². The number of hydrogen-bond donors (Lipinski definition) is 1. The summed E-state index contributed by atoms with van der Waals surface area (Å²) in [6, 6.07) is 12.0. The SMILES string of the molecule is O=c1[nH]nc2c3cc(-c4ccncc4)ccc3ccn12. The lowest BCUT2D eigenvalue weighted by Crippen LogP contribution is -2.08. The molecule has 0 spiro atoms. The normalized spacial score (nSPS) is 11.2. The molecule has 1 aromatic carbocycles. The number of aromatic nitrogens is 4. The van der Waals surface area contributed by atoms with Gasteiger partial charge in [-0.25, -0.2) is 14.3 Å². The lowest BCUT2D eigenvalue weighted by Gasteiger charge is -2.04. The van der Waals surface area contributed by atoms with E-state index in [1.165, 1.54) is 4.40 Å². The number of fused-ring (bicyclic) bond motifs is 3. The number of hydrogen-bond acceptors (Lipinski definition) is 3. The zero-order valence-electron chi connectivity index (χ0n) is 10.4. The van der Waals surface area contributed by atoms with Crippen molar-refractivity contribution in [3.63, 3.8) is 0 Å². The van der Waals surface area contributed by atoms with Gasteiger partial charge in [-0.1, -0.05) is 12.1 Å². The number of benzene rings is 1. The summed E-state index contributed by atoms with van der Waals surface area (Å²) in [6.07, 6.45) is 5.26. The predicted octanol–water partition coefficient (Wildman–Crippen LogP) is 2.24. The summed E-state index contributed by atoms with van der Waals surface area (Å²) >= 11 is 0. The Morgan fingerprint density at radius 3 is 2.70 bits per heavy atom. The van der Waals surface area contributed by atoms with E-state index < -0.39 is 0 Å². The van der Waals surface area contributed by atoms with E-state index in [0.717, 1.165) is 21.9 Å². The van der Waals surface area contributed by atoms with Crippen LogP contribution in [0, 0.1) is 0 Å². The first kappa shape index (κ1) is 10.9. The molecule has 0 aliphatic heterocycles. The zero-order valence-corrected chi connectivity index (χ0v) is 10.4. The van der Waals surface area contributed by atoms with Crippen molar-refractivity contribution < 1.29 is 0 Å². The molecule has 0 saturated heterocycles. The van der Waals surface area contributed by atoms with Crippen LogP contribution in [0.5, 0.6) is 0 Å². The molecule has 0 saturated carbocycles. The quantitative estimate of drug-likeness (QED) is 0.572. The van der Waals surface area contributed by atoms with Crippen molar-refractivity contribution in [2.24, 2.45) is 0 Å². The van der Waals surface area contributed by atoms with Crippen LogP contribution in [0.1, 0.15) is 0 Å². The molecule has 0 aliphatic carbocycles. The highest BCUT2D eigenvalue weighted by Gasteiger charge is 2.06. The van der Waals surface area contributed by atoms with Crippen molar-refractivity contribution >= 4 is 16.4 Å². The zero-order chi connectivity index (χ0) is 13.5. The van der Waals surface area contributed by atoms with Gasteiger partial charge in [-0.3, -0.25) is 4.98 Å². The van der Waals surface area contributed by atoms with Gasteiger partial charge >= 0.3 is 5.69 Å². The van der Waals surface area contributed by atoms with Crippen LogP contribution >= 0.6 is 0 Å². The first-order valence-corrected chi connectivity index (χ1v) is 6.23. The second-order valence-electron chi connectivity index (χ2n) is 4.58. The molecule has 0 unspecified atom stereocenters. The van der Waals surface area contributed by atoms with Gasteiger partial charge in [-0.2, -0.15) is 5.10 Å². The molecule has 5 nitrogen and oxygen atoms in total. The molecule has 0 aliphatic rings. The number of rotatable bonds is 1. The molecule has 20 heavy (non-hydrogen) atoms. The molecule has 0 atom stereocenters. The second-order valence-corrected chi connectivity index (χ2v) is 4.58. The molecule has 3 heterocycles. The summed E-state index contributed by atoms with van der Waals surface area (Å²) in [6.45, 7) is 0. The van der Waals surface area contributed by atoms with Crippen molar-refractivity contribution in [3.05, 3.63) is 65.5 Å². The Kier molecular flexibility index (Phi) is 2.20. The topological polar surface area (TPSA) is 63.0 Å². The maximum Gasteiger partial charge on any atom is 0.347 e. The number of pyridine rings is 2. The average molecular weight is 262 g/mol. The van der Waals surface area contributed by atoms with Gasteiger partial charge in [-0.15, -0.1) is 0 Å². The number of nitrogens with one attached hydrogen (secondary N) is 1. The maximum atomic E-state index is 11.6. The molecule has 3 aromatic heterocycles. The fourth-order valence-corrected chi connectivity index (χ4v) is 2.41. The first-order chi connectivity index (χ1) is 9.83. The summed E-state index contributed by atoms with van der Waals surface area (Å²) in [4.78, 5) is 15.6. The van der Waals surface area contributed by atoms with Crippen molar-refractivity contribution in [1.82, 2.24) is 19.6 Å². The molecule has 4 aromatic rings. The average Bonchev–Trinajstić information content (AvgIpc) is 2.89. The van der Waals surface area contributed by atoms with E-state index in [4.69, 9.17) is 0 Å². The first-order valence-electron chi connectivity index (χ1n) is 6.23. The monoisotopic (exact) mass is 262 g/mol. The number of nitrogens with zero attached hydrogens (tertiary/aromatic N) is 3. The number of H-pyrrole nitrogens is 1. The minimum absolute atomic E-state index is 0.226. The van der Waals surface area contributed by atoms with Crippen molar-refractivity contribution in [2.45, 2.75) is 0 Å². The molecule has 1 N–H and O–H groups in total. The molecule has 96 valence electrons. The highest BCUT2D eigenvalue weighted by Crippen LogP contribution is 2.25. The Morgan fingerprint density at radius 2 is 1.85 bits per heavy atom. The smallest absolute Gasteiger partial charge is 0.265 e. The van der Waals surface area contributed by atoms with Crippen LogP contribution < -0.4 is 5.69 Å². The Bertz CT molecular complexity index is 969. The van der Waals surface area contributed by atoms with Crippen LogP contribution in [0.15, 0.2) is 59.8 Å². The van der Waals surface area contributed by atoms with Crippen molar-refractivity contribution in [2.75, 3.05) is 0 Å². The molecular formula is C15H10N4O. The van der Waals surface area contributed by atoms with Gasteiger partial charge in [-0.05, 0) is 40.8 Å². The minimum Gasteiger partial charge on any atom is -0.265 e. The summed E-state index contributed by atoms with van der Waals surface area (Å²) < 4.78 is 1.51. The minimum atomic E-state index is -0.226. The van der Waals surface area contributed by atoms with Gasteiger partial charge in [0, 0.05) is 24.0 Å². The van der Waals surface area contributed by atoms with E-state index in [-0.39, 0.29) is 5.69 Å². The third kappa shape index (κ3) is 1.53. The highest BCUT2D eigenvalue weighted by atomic mass is 16.1. The fraction of sp³-hybridized carbons (Fsp3) is 0. The highest BCUT2D eigenvalue weighted by molar-refractivity contribution is 5.96. The van der Waals surface area contributed by atoms with Crippen LogP contribution in [-0.2, 0) is 0 Å². The Labute approximate surface area is 113 Å². The van der Waals surface area contributed by atoms with Crippen molar-refractivity contribution in [1.29, 1.82) is 0 Å². The predicted molar refractivity (Wildman–Crippen MR) is 76.5 cm³/mol. The van der Waals surface area contributed by atoms with Crippen LogP contribution in [0.3, 0.4) is 0 Å². The van der Waals surface area contributed by atoms with Crippen LogP contribution in [0.25, 0.3) is 27.5 Å². The van der Waals surface area contributed by atoms with E-state index >= 15 is 0 Å². The molecular weight excluding hydrogens is 252 g/mol. The Balaban J connectivity index is 2.07. The van der Waals surface area contributed by atoms with Gasteiger partial charge in [0.25, 0.3) is 0 Å². The Hall–Kier alpha value is -2.95. The van der Waals surface area contributed by atoms with E-state index in [9.17, 15) is 4.79 Å². The van der Waals surface area contributed by atoms with Crippen LogP contribution in [0.4, 0.5) is 0 Å². The summed E-state index contributed by atoms with van der Waals surface area (Å²) in [5.41, 5.74) is 2.57. The van der Waals surface area contributed by atoms with Crippen LogP contribution in [0.2, 0.25) is 0 Å². The molecule has 0 fully saturated rings. The molecule has 0 radical (unpaired) electrons. The summed E-state index contributed by atoms with van der Waals surface area (Å²) in [5, 5.41) is 8.56. The van der Waals surface area contributed by atoms with Crippen molar-refractivity contribution in [3.8, 4) is 11.1 Å². The fourth-order valence-electron chi connectivity index (χ4n) is 2.41. The molecule has 5 heteroatoms. The molecule has 4 rings (SSSR count). The summed E-state index contributed by atoms with van der Waals surface area (Å²) in [7, 11) is 0. The van der Waals surface area contributed by atoms with Gasteiger partial charge in [0.15, 0.2) is 5.65 Å². The van der Waals surface area contributed by atoms with Gasteiger partial charge in [0.05, 0.1) is 0 Å². The largest absolute Gasteiger partial charge is 0.347 e. The third-order valence-electron chi connectivity index (χ3n) is 3.42. The van der Waals surface area contributed by atoms with E-state index in [0.29, 0.717) is 5.65 Å². The molecule has 0 amide bonds. The molecule has 0 bridgehead atoms. The van der Waals surface area contributed by atoms with E-state index in [1.54, 1.807) is 18.6 Å². The van der Waals surface area contributed by atoms with E-state index in [2.05, 4.69) is 21.2 Å². The lowest BCUT2D eigenvalue weighted by molar-refractivity contribution is 1.02. The third-order valence-corrected chi connectivity index (χ3v) is 3.42. The van der Waals surface area contributed by atoms with E-state index in [1.807, 2.05) is 30.3 Å². The standard InChI is InChI=1S/C15H10N4O/c20-15-18-17-14-13-9-12(10-3-6-16-7-4-10)2-1-11(13)5-8-19(14)15/h1-9H,(H,18,20). The summed E-state index contributed by atoms with van der Waals surface area (Å²) in [5.74, 6) is 0. The lowest BCUT2D eigenvalue weighted by atomic mass is 10.0. The van der Waals surface area contributed by atoms with Gasteiger partial charge in [0.2, 0.25) is 0 Å². The second kappa shape index (κ2) is 4.03. The number of aromatic amines is 1. The van der Waals surface area contributed by atoms with Gasteiger partial charge < -0.3 is 0 Å².